The fourth-order valence-corrected chi connectivity index (χ4v) is 1.82. The molecule has 2 heterocycles. The van der Waals surface area contributed by atoms with Gasteiger partial charge in [-0.3, -0.25) is 0 Å². The molecule has 96 valence electrons. The van der Waals surface area contributed by atoms with Gasteiger partial charge in [0.25, 0.3) is 5.95 Å². The summed E-state index contributed by atoms with van der Waals surface area (Å²) in [5.41, 5.74) is 1.74. The maximum absolute atomic E-state index is 5.84. The van der Waals surface area contributed by atoms with Gasteiger partial charge in [0.15, 0.2) is 0 Å². The summed E-state index contributed by atoms with van der Waals surface area (Å²) in [4.78, 5) is 12.1. The van der Waals surface area contributed by atoms with Crippen molar-refractivity contribution in [1.29, 1.82) is 0 Å². The molecule has 0 aromatic carbocycles. The first-order valence-electron chi connectivity index (χ1n) is 5.29. The van der Waals surface area contributed by atoms with Crippen molar-refractivity contribution in [1.82, 2.24) is 24.7 Å². The Labute approximate surface area is 117 Å². The quantitative estimate of drug-likeness (QED) is 0.864. The Hall–Kier alpha value is -1.21. The number of hydrogen-bond acceptors (Lipinski definition) is 5. The molecule has 0 N–H and O–H groups in total. The Bertz CT molecular complexity index is 586. The van der Waals surface area contributed by atoms with E-state index in [2.05, 4.69) is 36.0 Å². The number of aromatic nitrogens is 5. The molecule has 2 aromatic heterocycles. The molecule has 6 nitrogen and oxygen atoms in total. The van der Waals surface area contributed by atoms with Gasteiger partial charge in [0.2, 0.25) is 5.28 Å². The summed E-state index contributed by atoms with van der Waals surface area (Å²) in [5.74, 6) is 0.338. The van der Waals surface area contributed by atoms with Crippen LogP contribution < -0.4 is 4.74 Å². The van der Waals surface area contributed by atoms with Crippen LogP contribution in [0.1, 0.15) is 18.3 Å². The van der Waals surface area contributed by atoms with E-state index in [1.807, 2.05) is 20.8 Å². The summed E-state index contributed by atoms with van der Waals surface area (Å²) in [5, 5.41) is 4.40. The third-order valence-electron chi connectivity index (χ3n) is 2.24. The van der Waals surface area contributed by atoms with E-state index < -0.39 is 0 Å². The molecule has 18 heavy (non-hydrogen) atoms. The van der Waals surface area contributed by atoms with E-state index in [0.29, 0.717) is 12.6 Å². The second-order valence-corrected chi connectivity index (χ2v) is 4.65. The molecule has 0 atom stereocenters. The molecule has 0 aliphatic rings. The number of ether oxygens (including phenoxy) is 1. The monoisotopic (exact) mass is 331 g/mol. The van der Waals surface area contributed by atoms with Crippen LogP contribution in [0.4, 0.5) is 0 Å². The average Bonchev–Trinajstić information content (AvgIpc) is 2.57. The molecule has 2 rings (SSSR count). The molecule has 0 amide bonds. The molecular weight excluding hydrogens is 322 g/mol. The third kappa shape index (κ3) is 2.46. The summed E-state index contributed by atoms with van der Waals surface area (Å²) >= 11 is 9.29. The van der Waals surface area contributed by atoms with Crippen molar-refractivity contribution in [2.75, 3.05) is 6.61 Å². The van der Waals surface area contributed by atoms with Crippen LogP contribution in [-0.2, 0) is 0 Å². The first kappa shape index (κ1) is 13.2. The van der Waals surface area contributed by atoms with Gasteiger partial charge in [-0.05, 0) is 48.3 Å². The van der Waals surface area contributed by atoms with Crippen LogP contribution >= 0.6 is 27.5 Å². The third-order valence-corrected chi connectivity index (χ3v) is 3.56. The number of nitrogens with zero attached hydrogens (tertiary/aromatic N) is 5. The molecule has 0 saturated carbocycles. The Morgan fingerprint density at radius 1 is 1.28 bits per heavy atom. The van der Waals surface area contributed by atoms with Gasteiger partial charge in [0.1, 0.15) is 0 Å². The van der Waals surface area contributed by atoms with E-state index in [0.717, 1.165) is 15.9 Å². The number of aryl methyl sites for hydroxylation is 1. The smallest absolute Gasteiger partial charge is 0.322 e. The van der Waals surface area contributed by atoms with Crippen LogP contribution in [-0.4, -0.2) is 31.3 Å². The van der Waals surface area contributed by atoms with Crippen molar-refractivity contribution in [3.05, 3.63) is 21.1 Å². The van der Waals surface area contributed by atoms with Crippen LogP contribution in [0.5, 0.6) is 6.01 Å². The summed E-state index contributed by atoms with van der Waals surface area (Å²) in [6, 6.07) is 0.191. The standard InChI is InChI=1S/C10H11BrClN5O/c1-4-18-10-14-8(12)13-9(15-10)17-6(3)7(11)5(2)16-17/h4H2,1-3H3. The Balaban J connectivity index is 2.52. The molecule has 0 unspecified atom stereocenters. The van der Waals surface area contributed by atoms with Gasteiger partial charge in [-0.1, -0.05) is 0 Å². The van der Waals surface area contributed by atoms with Crippen molar-refractivity contribution >= 4 is 27.5 Å². The summed E-state index contributed by atoms with van der Waals surface area (Å²) in [6.07, 6.45) is 0. The van der Waals surface area contributed by atoms with Gasteiger partial charge in [0.05, 0.1) is 22.5 Å². The fourth-order valence-electron chi connectivity index (χ4n) is 1.43. The predicted octanol–water partition coefficient (Wildman–Crippen LogP) is 2.49. The number of hydrogen-bond donors (Lipinski definition) is 0. The fraction of sp³-hybridized carbons (Fsp3) is 0.400. The van der Waals surface area contributed by atoms with E-state index in [4.69, 9.17) is 16.3 Å². The van der Waals surface area contributed by atoms with Crippen molar-refractivity contribution in [2.24, 2.45) is 0 Å². The van der Waals surface area contributed by atoms with Gasteiger partial charge < -0.3 is 4.74 Å². The van der Waals surface area contributed by atoms with Crippen LogP contribution in [0, 0.1) is 13.8 Å². The highest BCUT2D eigenvalue weighted by Gasteiger charge is 2.14. The molecule has 0 fully saturated rings. The Morgan fingerprint density at radius 2 is 2.00 bits per heavy atom. The topological polar surface area (TPSA) is 65.7 Å². The zero-order valence-corrected chi connectivity index (χ0v) is 12.4. The Morgan fingerprint density at radius 3 is 2.56 bits per heavy atom. The highest BCUT2D eigenvalue weighted by molar-refractivity contribution is 9.10. The second-order valence-electron chi connectivity index (χ2n) is 3.52. The van der Waals surface area contributed by atoms with Crippen LogP contribution in [0.15, 0.2) is 4.47 Å². The van der Waals surface area contributed by atoms with Crippen molar-refractivity contribution in [3.63, 3.8) is 0 Å². The van der Waals surface area contributed by atoms with Crippen LogP contribution in [0.2, 0.25) is 5.28 Å². The molecule has 2 aromatic rings. The highest BCUT2D eigenvalue weighted by Crippen LogP contribution is 2.22. The molecule has 8 heteroatoms. The molecule has 0 spiro atoms. The van der Waals surface area contributed by atoms with Gasteiger partial charge >= 0.3 is 6.01 Å². The largest absolute Gasteiger partial charge is 0.464 e. The van der Waals surface area contributed by atoms with Gasteiger partial charge in [-0.15, -0.1) is 0 Å². The predicted molar refractivity (Wildman–Crippen MR) is 70.3 cm³/mol. The van der Waals surface area contributed by atoms with Crippen molar-refractivity contribution in [2.45, 2.75) is 20.8 Å². The molecule has 0 radical (unpaired) electrons. The lowest BCUT2D eigenvalue weighted by Crippen LogP contribution is -2.08. The van der Waals surface area contributed by atoms with Crippen molar-refractivity contribution < 1.29 is 4.74 Å². The summed E-state index contributed by atoms with van der Waals surface area (Å²) in [7, 11) is 0. The molecule has 0 aliphatic heterocycles. The van der Waals surface area contributed by atoms with Crippen LogP contribution in [0.25, 0.3) is 5.95 Å². The van der Waals surface area contributed by atoms with E-state index in [1.165, 1.54) is 0 Å². The second kappa shape index (κ2) is 5.19. The lowest BCUT2D eigenvalue weighted by Gasteiger charge is -2.05. The summed E-state index contributed by atoms with van der Waals surface area (Å²) in [6.45, 7) is 6.10. The van der Waals surface area contributed by atoms with Gasteiger partial charge in [0, 0.05) is 0 Å². The zero-order valence-electron chi connectivity index (χ0n) is 10.1. The molecular formula is C10H11BrClN5O. The summed E-state index contributed by atoms with van der Waals surface area (Å²) < 4.78 is 7.73. The normalized spacial score (nSPS) is 10.7. The number of rotatable bonds is 3. The molecule has 0 saturated heterocycles. The highest BCUT2D eigenvalue weighted by atomic mass is 79.9. The van der Waals surface area contributed by atoms with E-state index in [1.54, 1.807) is 4.68 Å². The average molecular weight is 333 g/mol. The lowest BCUT2D eigenvalue weighted by atomic mass is 10.4. The maximum Gasteiger partial charge on any atom is 0.322 e. The lowest BCUT2D eigenvalue weighted by molar-refractivity contribution is 0.310. The van der Waals surface area contributed by atoms with Crippen LogP contribution in [0.3, 0.4) is 0 Å². The van der Waals surface area contributed by atoms with Gasteiger partial charge in [-0.25, -0.2) is 4.68 Å². The minimum atomic E-state index is 0.0760. The maximum atomic E-state index is 5.84. The molecule has 0 aliphatic carbocycles. The molecule has 0 bridgehead atoms. The zero-order chi connectivity index (χ0) is 13.3. The Kier molecular flexibility index (Phi) is 3.82. The first-order valence-corrected chi connectivity index (χ1v) is 6.46. The minimum Gasteiger partial charge on any atom is -0.464 e. The van der Waals surface area contributed by atoms with E-state index in [9.17, 15) is 0 Å². The minimum absolute atomic E-state index is 0.0760. The number of halogens is 2. The first-order chi connectivity index (χ1) is 8.52. The van der Waals surface area contributed by atoms with Gasteiger partial charge in [-0.2, -0.15) is 20.1 Å². The van der Waals surface area contributed by atoms with E-state index in [-0.39, 0.29) is 11.3 Å². The van der Waals surface area contributed by atoms with Crippen molar-refractivity contribution in [3.8, 4) is 12.0 Å². The van der Waals surface area contributed by atoms with E-state index >= 15 is 0 Å². The SMILES string of the molecule is CCOc1nc(Cl)nc(-n2nc(C)c(Br)c2C)n1.